The maximum atomic E-state index is 14.9. The number of benzene rings is 1. The van der Waals surface area contributed by atoms with Gasteiger partial charge in [0, 0.05) is 37.6 Å². The van der Waals surface area contributed by atoms with Crippen LogP contribution in [0.5, 0.6) is 5.75 Å². The molecule has 0 atom stereocenters. The van der Waals surface area contributed by atoms with Crippen molar-refractivity contribution in [3.63, 3.8) is 0 Å². The van der Waals surface area contributed by atoms with Crippen LogP contribution in [0.2, 0.25) is 5.02 Å². The molecule has 0 fully saturated rings. The number of halogens is 2. The number of amides is 1. The summed E-state index contributed by atoms with van der Waals surface area (Å²) in [4.78, 5) is 19.2. The van der Waals surface area contributed by atoms with E-state index in [9.17, 15) is 9.18 Å². The number of aromatic nitrogens is 3. The number of aryl methyl sites for hydroxylation is 1. The topological polar surface area (TPSA) is 92.3 Å². The zero-order valence-electron chi connectivity index (χ0n) is 17.5. The van der Waals surface area contributed by atoms with E-state index in [0.717, 1.165) is 13.1 Å². The molecule has 0 saturated carbocycles. The molecule has 3 rings (SSSR count). The second kappa shape index (κ2) is 9.99. The summed E-state index contributed by atoms with van der Waals surface area (Å²) in [5.74, 6) is -0.916. The summed E-state index contributed by atoms with van der Waals surface area (Å²) in [6.45, 7) is 3.26. The van der Waals surface area contributed by atoms with Crippen LogP contribution in [0.3, 0.4) is 0 Å². The maximum absolute atomic E-state index is 14.9. The predicted molar refractivity (Wildman–Crippen MR) is 121 cm³/mol. The Labute approximate surface area is 188 Å². The number of ether oxygens (including phenoxy) is 1. The SMILES string of the molecule is CNCCN(C)c1nnc(NC(=O)c2cnc(C)cc2-c2c(OC)ccc(Cl)c2F)s1. The number of methoxy groups -OCH3 is 1. The fourth-order valence-electron chi connectivity index (χ4n) is 2.86. The summed E-state index contributed by atoms with van der Waals surface area (Å²) >= 11 is 7.23. The number of rotatable bonds is 8. The molecule has 0 aliphatic carbocycles. The molecule has 164 valence electrons. The number of carbonyl (C=O) groups is 1. The van der Waals surface area contributed by atoms with Crippen molar-refractivity contribution in [3.8, 4) is 16.9 Å². The van der Waals surface area contributed by atoms with E-state index >= 15 is 0 Å². The quantitative estimate of drug-likeness (QED) is 0.526. The number of pyridine rings is 1. The van der Waals surface area contributed by atoms with E-state index in [0.29, 0.717) is 21.5 Å². The molecule has 31 heavy (non-hydrogen) atoms. The lowest BCUT2D eigenvalue weighted by molar-refractivity contribution is 0.102. The van der Waals surface area contributed by atoms with Gasteiger partial charge in [0.1, 0.15) is 5.75 Å². The molecule has 0 aliphatic rings. The van der Waals surface area contributed by atoms with Crippen molar-refractivity contribution in [3.05, 3.63) is 46.5 Å². The lowest BCUT2D eigenvalue weighted by atomic mass is 9.98. The van der Waals surface area contributed by atoms with E-state index in [2.05, 4.69) is 25.8 Å². The summed E-state index contributed by atoms with van der Waals surface area (Å²) < 4.78 is 20.2. The third-order valence-electron chi connectivity index (χ3n) is 4.49. The Morgan fingerprint density at radius 1 is 1.35 bits per heavy atom. The first-order valence-electron chi connectivity index (χ1n) is 9.35. The van der Waals surface area contributed by atoms with Crippen LogP contribution >= 0.6 is 22.9 Å². The number of hydrogen-bond donors (Lipinski definition) is 2. The molecule has 11 heteroatoms. The van der Waals surface area contributed by atoms with Gasteiger partial charge in [0.05, 0.1) is 23.3 Å². The van der Waals surface area contributed by atoms with Gasteiger partial charge in [0.25, 0.3) is 5.91 Å². The van der Waals surface area contributed by atoms with E-state index in [1.54, 1.807) is 19.1 Å². The van der Waals surface area contributed by atoms with Crippen LogP contribution < -0.4 is 20.3 Å². The second-order valence-electron chi connectivity index (χ2n) is 6.68. The Hall–Kier alpha value is -2.82. The molecule has 3 aromatic rings. The van der Waals surface area contributed by atoms with Crippen molar-refractivity contribution < 1.29 is 13.9 Å². The lowest BCUT2D eigenvalue weighted by Gasteiger charge is -2.15. The van der Waals surface area contributed by atoms with Crippen LogP contribution in [0, 0.1) is 12.7 Å². The van der Waals surface area contributed by atoms with Gasteiger partial charge in [-0.25, -0.2) is 4.39 Å². The smallest absolute Gasteiger partial charge is 0.259 e. The highest BCUT2D eigenvalue weighted by Gasteiger charge is 2.23. The van der Waals surface area contributed by atoms with Crippen LogP contribution in [0.15, 0.2) is 24.4 Å². The monoisotopic (exact) mass is 464 g/mol. The van der Waals surface area contributed by atoms with E-state index in [1.807, 2.05) is 19.0 Å². The molecule has 0 unspecified atom stereocenters. The standard InChI is InChI=1S/C20H22ClFN6O2S/c1-11-9-12(16-15(30-4)6-5-14(21)17(16)22)13(10-24-11)18(29)25-19-26-27-20(31-19)28(3)8-7-23-2/h5-6,9-10,23H,7-8H2,1-4H3,(H,25,26,29). The largest absolute Gasteiger partial charge is 0.496 e. The fraction of sp³-hybridized carbons (Fsp3) is 0.300. The molecule has 2 heterocycles. The van der Waals surface area contributed by atoms with Crippen molar-refractivity contribution in [1.82, 2.24) is 20.5 Å². The summed E-state index contributed by atoms with van der Waals surface area (Å²) in [5.41, 5.74) is 1.18. The van der Waals surface area contributed by atoms with Crippen molar-refractivity contribution in [2.24, 2.45) is 0 Å². The number of anilines is 2. The fourth-order valence-corrected chi connectivity index (χ4v) is 3.75. The van der Waals surface area contributed by atoms with E-state index in [1.165, 1.54) is 30.7 Å². The molecule has 2 N–H and O–H groups in total. The normalized spacial score (nSPS) is 10.8. The van der Waals surface area contributed by atoms with Crippen LogP contribution in [-0.2, 0) is 0 Å². The average molecular weight is 465 g/mol. The minimum atomic E-state index is -0.676. The van der Waals surface area contributed by atoms with Crippen LogP contribution in [0.1, 0.15) is 16.1 Å². The molecule has 0 radical (unpaired) electrons. The highest BCUT2D eigenvalue weighted by Crippen LogP contribution is 2.38. The average Bonchev–Trinajstić information content (AvgIpc) is 3.22. The minimum Gasteiger partial charge on any atom is -0.496 e. The first kappa shape index (κ1) is 22.9. The van der Waals surface area contributed by atoms with Crippen molar-refractivity contribution in [2.45, 2.75) is 6.92 Å². The number of nitrogens with zero attached hydrogens (tertiary/aromatic N) is 4. The van der Waals surface area contributed by atoms with Crippen molar-refractivity contribution in [1.29, 1.82) is 0 Å². The summed E-state index contributed by atoms with van der Waals surface area (Å²) in [5, 5.41) is 14.8. The Bertz CT molecular complexity index is 1090. The van der Waals surface area contributed by atoms with Gasteiger partial charge >= 0.3 is 0 Å². The highest BCUT2D eigenvalue weighted by atomic mass is 35.5. The summed E-state index contributed by atoms with van der Waals surface area (Å²) in [6.07, 6.45) is 1.39. The number of carbonyl (C=O) groups excluding carboxylic acids is 1. The van der Waals surface area contributed by atoms with Gasteiger partial charge in [0.15, 0.2) is 5.82 Å². The second-order valence-corrected chi connectivity index (χ2v) is 8.04. The van der Waals surface area contributed by atoms with E-state index in [-0.39, 0.29) is 21.9 Å². The molecule has 1 amide bonds. The van der Waals surface area contributed by atoms with Gasteiger partial charge in [-0.2, -0.15) is 0 Å². The Balaban J connectivity index is 1.94. The molecule has 2 aromatic heterocycles. The van der Waals surface area contributed by atoms with Crippen LogP contribution in [0.25, 0.3) is 11.1 Å². The van der Waals surface area contributed by atoms with E-state index in [4.69, 9.17) is 16.3 Å². The van der Waals surface area contributed by atoms with E-state index < -0.39 is 11.7 Å². The zero-order valence-corrected chi connectivity index (χ0v) is 19.1. The van der Waals surface area contributed by atoms with Crippen molar-refractivity contribution >= 4 is 39.1 Å². The molecule has 8 nitrogen and oxygen atoms in total. The number of hydrogen-bond acceptors (Lipinski definition) is 8. The van der Waals surface area contributed by atoms with Gasteiger partial charge in [-0.1, -0.05) is 22.9 Å². The molecular weight excluding hydrogens is 443 g/mol. The maximum Gasteiger partial charge on any atom is 0.259 e. The minimum absolute atomic E-state index is 0.0741. The Morgan fingerprint density at radius 2 is 2.13 bits per heavy atom. The zero-order chi connectivity index (χ0) is 22.5. The third kappa shape index (κ3) is 5.09. The number of nitrogens with one attached hydrogen (secondary N) is 2. The molecule has 0 bridgehead atoms. The van der Waals surface area contributed by atoms with Gasteiger partial charge < -0.3 is 15.0 Å². The number of likely N-dealkylation sites (N-methyl/N-ethyl adjacent to an activating group) is 2. The Morgan fingerprint density at radius 3 is 2.84 bits per heavy atom. The van der Waals surface area contributed by atoms with Gasteiger partial charge in [-0.15, -0.1) is 10.2 Å². The lowest BCUT2D eigenvalue weighted by Crippen LogP contribution is -2.26. The molecule has 0 saturated heterocycles. The van der Waals surface area contributed by atoms with Gasteiger partial charge in [-0.3, -0.25) is 15.1 Å². The molecule has 0 aliphatic heterocycles. The molecule has 0 spiro atoms. The first-order chi connectivity index (χ1) is 14.8. The summed E-state index contributed by atoms with van der Waals surface area (Å²) in [7, 11) is 5.18. The third-order valence-corrected chi connectivity index (χ3v) is 5.73. The van der Waals surface area contributed by atoms with Crippen LogP contribution in [-0.4, -0.2) is 55.4 Å². The summed E-state index contributed by atoms with van der Waals surface area (Å²) in [6, 6.07) is 4.57. The first-order valence-corrected chi connectivity index (χ1v) is 10.5. The molecule has 1 aromatic carbocycles. The van der Waals surface area contributed by atoms with Crippen LogP contribution in [0.4, 0.5) is 14.7 Å². The predicted octanol–water partition coefficient (Wildman–Crippen LogP) is 3.62. The van der Waals surface area contributed by atoms with Gasteiger partial charge in [0.2, 0.25) is 10.3 Å². The van der Waals surface area contributed by atoms with Gasteiger partial charge in [-0.05, 0) is 32.2 Å². The molecular formula is C20H22ClFN6O2S. The van der Waals surface area contributed by atoms with Crippen molar-refractivity contribution in [2.75, 3.05) is 44.5 Å². The Kier molecular flexibility index (Phi) is 7.37. The highest BCUT2D eigenvalue weighted by molar-refractivity contribution is 7.19.